The van der Waals surface area contributed by atoms with E-state index in [1.54, 1.807) is 17.7 Å². The molecule has 0 fully saturated rings. The first kappa shape index (κ1) is 8.32. The highest BCUT2D eigenvalue weighted by atomic mass is 32.1. The van der Waals surface area contributed by atoms with Gasteiger partial charge in [0.25, 0.3) is 0 Å². The van der Waals surface area contributed by atoms with Crippen LogP contribution in [0.1, 0.15) is 16.1 Å². The van der Waals surface area contributed by atoms with Crippen LogP contribution in [0.3, 0.4) is 0 Å². The summed E-state index contributed by atoms with van der Waals surface area (Å²) in [4.78, 5) is 11.0. The third-order valence-corrected chi connectivity index (χ3v) is 3.70. The number of rotatable bonds is 0. The third kappa shape index (κ3) is 1.07. The van der Waals surface area contributed by atoms with Crippen molar-refractivity contribution in [3.05, 3.63) is 22.5 Å². The Balaban J connectivity index is 2.38. The molecule has 72 valence electrons. The smallest absolute Gasteiger partial charge is 0.127 e. The number of hydrogen-bond acceptors (Lipinski definition) is 4. The summed E-state index contributed by atoms with van der Waals surface area (Å²) in [7, 11) is 0. The van der Waals surface area contributed by atoms with Crippen molar-refractivity contribution in [3.63, 3.8) is 0 Å². The first-order chi connectivity index (χ1) is 6.86. The summed E-state index contributed by atoms with van der Waals surface area (Å²) in [5.41, 5.74) is 2.50. The SMILES string of the molecule is Cc1ncnc2sc3c(c12)CCOC3. The van der Waals surface area contributed by atoms with Gasteiger partial charge in [0.2, 0.25) is 0 Å². The molecule has 3 heterocycles. The van der Waals surface area contributed by atoms with Crippen LogP contribution < -0.4 is 0 Å². The average molecular weight is 206 g/mol. The minimum Gasteiger partial charge on any atom is -0.376 e. The molecule has 1 aliphatic heterocycles. The monoisotopic (exact) mass is 206 g/mol. The summed E-state index contributed by atoms with van der Waals surface area (Å²) in [5.74, 6) is 0. The maximum atomic E-state index is 5.43. The minimum atomic E-state index is 0.746. The maximum Gasteiger partial charge on any atom is 0.127 e. The van der Waals surface area contributed by atoms with E-state index in [1.165, 1.54) is 15.8 Å². The van der Waals surface area contributed by atoms with E-state index >= 15 is 0 Å². The largest absolute Gasteiger partial charge is 0.376 e. The first-order valence-corrected chi connectivity index (χ1v) is 5.47. The molecule has 3 nitrogen and oxygen atoms in total. The van der Waals surface area contributed by atoms with Gasteiger partial charge < -0.3 is 4.74 Å². The molecular formula is C10H10N2OS. The molecule has 0 atom stereocenters. The van der Waals surface area contributed by atoms with Crippen molar-refractivity contribution in [2.24, 2.45) is 0 Å². The average Bonchev–Trinajstić information content (AvgIpc) is 2.57. The number of aryl methyl sites for hydroxylation is 1. The molecule has 14 heavy (non-hydrogen) atoms. The van der Waals surface area contributed by atoms with Gasteiger partial charge in [-0.25, -0.2) is 9.97 Å². The van der Waals surface area contributed by atoms with E-state index in [4.69, 9.17) is 4.74 Å². The van der Waals surface area contributed by atoms with Gasteiger partial charge in [0, 0.05) is 16.0 Å². The Kier molecular flexibility index (Phi) is 1.78. The zero-order valence-electron chi connectivity index (χ0n) is 7.91. The van der Waals surface area contributed by atoms with E-state index in [9.17, 15) is 0 Å². The maximum absolute atomic E-state index is 5.43. The molecule has 0 aliphatic carbocycles. The number of fused-ring (bicyclic) bond motifs is 3. The quantitative estimate of drug-likeness (QED) is 0.662. The highest BCUT2D eigenvalue weighted by molar-refractivity contribution is 7.18. The lowest BCUT2D eigenvalue weighted by Gasteiger charge is -2.11. The molecule has 2 aromatic heterocycles. The van der Waals surface area contributed by atoms with Gasteiger partial charge in [0.05, 0.1) is 13.2 Å². The van der Waals surface area contributed by atoms with Crippen molar-refractivity contribution in [1.29, 1.82) is 0 Å². The summed E-state index contributed by atoms with van der Waals surface area (Å²) in [6, 6.07) is 0. The Labute approximate surface area is 85.8 Å². The van der Waals surface area contributed by atoms with E-state index in [0.717, 1.165) is 30.2 Å². The Morgan fingerprint density at radius 2 is 2.36 bits per heavy atom. The molecule has 0 amide bonds. The van der Waals surface area contributed by atoms with E-state index in [2.05, 4.69) is 9.97 Å². The normalized spacial score (nSPS) is 15.8. The fourth-order valence-corrected chi connectivity index (χ4v) is 3.09. The van der Waals surface area contributed by atoms with Gasteiger partial charge in [-0.2, -0.15) is 0 Å². The van der Waals surface area contributed by atoms with E-state index in [0.29, 0.717) is 0 Å². The number of hydrogen-bond donors (Lipinski definition) is 0. The molecule has 3 rings (SSSR count). The van der Waals surface area contributed by atoms with Crippen LogP contribution >= 0.6 is 11.3 Å². The molecule has 4 heteroatoms. The molecule has 0 spiro atoms. The van der Waals surface area contributed by atoms with Crippen LogP contribution in [0.15, 0.2) is 6.33 Å². The van der Waals surface area contributed by atoms with E-state index < -0.39 is 0 Å². The second-order valence-corrected chi connectivity index (χ2v) is 4.53. The van der Waals surface area contributed by atoms with Gasteiger partial charge in [0.1, 0.15) is 11.2 Å². The number of ether oxygens (including phenoxy) is 1. The molecule has 0 unspecified atom stereocenters. The van der Waals surface area contributed by atoms with E-state index in [1.807, 2.05) is 6.92 Å². The Bertz CT molecular complexity index is 492. The van der Waals surface area contributed by atoms with Gasteiger partial charge in [0.15, 0.2) is 0 Å². The molecule has 0 saturated heterocycles. The fraction of sp³-hybridized carbons (Fsp3) is 0.400. The zero-order valence-corrected chi connectivity index (χ0v) is 8.73. The molecule has 1 aliphatic rings. The van der Waals surface area contributed by atoms with Crippen LogP contribution in [0.25, 0.3) is 10.2 Å². The van der Waals surface area contributed by atoms with Crippen LogP contribution in [0.5, 0.6) is 0 Å². The van der Waals surface area contributed by atoms with Crippen LogP contribution in [-0.2, 0) is 17.8 Å². The fourth-order valence-electron chi connectivity index (χ4n) is 1.91. The van der Waals surface area contributed by atoms with Gasteiger partial charge in [-0.15, -0.1) is 11.3 Å². The lowest BCUT2D eigenvalue weighted by atomic mass is 10.1. The van der Waals surface area contributed by atoms with Gasteiger partial charge in [-0.1, -0.05) is 0 Å². The van der Waals surface area contributed by atoms with Crippen LogP contribution in [0, 0.1) is 6.92 Å². The van der Waals surface area contributed by atoms with Crippen molar-refractivity contribution in [2.45, 2.75) is 20.0 Å². The van der Waals surface area contributed by atoms with Crippen molar-refractivity contribution in [3.8, 4) is 0 Å². The predicted octanol–water partition coefficient (Wildman–Crippen LogP) is 2.07. The Hall–Kier alpha value is -1.00. The summed E-state index contributed by atoms with van der Waals surface area (Å²) < 4.78 is 5.43. The zero-order chi connectivity index (χ0) is 9.54. The molecular weight excluding hydrogens is 196 g/mol. The number of aromatic nitrogens is 2. The van der Waals surface area contributed by atoms with Crippen LogP contribution in [0.4, 0.5) is 0 Å². The second-order valence-electron chi connectivity index (χ2n) is 3.45. The molecule has 2 aromatic rings. The van der Waals surface area contributed by atoms with Gasteiger partial charge >= 0.3 is 0 Å². The summed E-state index contributed by atoms with van der Waals surface area (Å²) in [6.07, 6.45) is 2.64. The summed E-state index contributed by atoms with van der Waals surface area (Å²) >= 11 is 1.74. The third-order valence-electron chi connectivity index (χ3n) is 2.59. The van der Waals surface area contributed by atoms with Gasteiger partial charge in [-0.3, -0.25) is 0 Å². The molecule has 0 aromatic carbocycles. The highest BCUT2D eigenvalue weighted by Gasteiger charge is 2.18. The van der Waals surface area contributed by atoms with Crippen LogP contribution in [-0.4, -0.2) is 16.6 Å². The standard InChI is InChI=1S/C10H10N2OS/c1-6-9-7-2-3-13-4-8(7)14-10(9)12-5-11-6/h5H,2-4H2,1H3. The first-order valence-electron chi connectivity index (χ1n) is 4.66. The minimum absolute atomic E-state index is 0.746. The second kappa shape index (κ2) is 3.00. The van der Waals surface area contributed by atoms with Crippen molar-refractivity contribution >= 4 is 21.6 Å². The molecule has 0 bridgehead atoms. The van der Waals surface area contributed by atoms with Gasteiger partial charge in [-0.05, 0) is 18.9 Å². The Morgan fingerprint density at radius 1 is 1.43 bits per heavy atom. The molecule has 0 N–H and O–H groups in total. The van der Waals surface area contributed by atoms with Crippen molar-refractivity contribution in [2.75, 3.05) is 6.61 Å². The van der Waals surface area contributed by atoms with Crippen LogP contribution in [0.2, 0.25) is 0 Å². The number of nitrogens with zero attached hydrogens (tertiary/aromatic N) is 2. The van der Waals surface area contributed by atoms with Crippen molar-refractivity contribution < 1.29 is 4.74 Å². The molecule has 0 saturated carbocycles. The lowest BCUT2D eigenvalue weighted by Crippen LogP contribution is -2.07. The summed E-state index contributed by atoms with van der Waals surface area (Å²) in [6.45, 7) is 3.62. The topological polar surface area (TPSA) is 35.0 Å². The Morgan fingerprint density at radius 3 is 3.29 bits per heavy atom. The molecule has 0 radical (unpaired) electrons. The predicted molar refractivity (Wildman–Crippen MR) is 55.5 cm³/mol. The highest BCUT2D eigenvalue weighted by Crippen LogP contribution is 2.34. The summed E-state index contributed by atoms with van der Waals surface area (Å²) in [5, 5.41) is 1.26. The number of thiophene rings is 1. The van der Waals surface area contributed by atoms with Crippen molar-refractivity contribution in [1.82, 2.24) is 9.97 Å². The van der Waals surface area contributed by atoms with E-state index in [-0.39, 0.29) is 0 Å². The lowest BCUT2D eigenvalue weighted by molar-refractivity contribution is 0.114.